The molecule has 0 radical (unpaired) electrons. The van der Waals surface area contributed by atoms with Gasteiger partial charge in [0.15, 0.2) is 11.5 Å². The van der Waals surface area contributed by atoms with Crippen molar-refractivity contribution in [3.63, 3.8) is 0 Å². The number of likely N-dealkylation sites (N-methyl/N-ethyl adjacent to an activating group) is 1. The Balaban J connectivity index is 1.77. The summed E-state index contributed by atoms with van der Waals surface area (Å²) in [6.07, 6.45) is -3.13. The van der Waals surface area contributed by atoms with Crippen molar-refractivity contribution in [3.8, 4) is 11.5 Å². The van der Waals surface area contributed by atoms with E-state index < -0.39 is 19.2 Å². The highest BCUT2D eigenvalue weighted by Gasteiger charge is 2.37. The van der Waals surface area contributed by atoms with Gasteiger partial charge in [0.25, 0.3) is 0 Å². The van der Waals surface area contributed by atoms with Gasteiger partial charge in [-0.25, -0.2) is 0 Å². The molecule has 2 heterocycles. The van der Waals surface area contributed by atoms with Gasteiger partial charge in [-0.1, -0.05) is 13.8 Å². The second kappa shape index (κ2) is 8.49. The topological polar surface area (TPSA) is 24.9 Å². The van der Waals surface area contributed by atoms with E-state index in [0.29, 0.717) is 23.5 Å². The number of fused-ring (bicyclic) bond motifs is 3. The molecule has 2 aliphatic heterocycles. The molecular weight excluding hydrogens is 369 g/mol. The van der Waals surface area contributed by atoms with Crippen LogP contribution in [0, 0.1) is 5.92 Å². The van der Waals surface area contributed by atoms with Crippen LogP contribution in [0.15, 0.2) is 12.1 Å². The number of hydrogen-bond donors (Lipinski definition) is 0. The Morgan fingerprint density at radius 1 is 1.18 bits per heavy atom. The summed E-state index contributed by atoms with van der Waals surface area (Å²) in [5.74, 6) is 1.58. The number of nitrogens with zero attached hydrogens (tertiary/aromatic N) is 2. The summed E-state index contributed by atoms with van der Waals surface area (Å²) in [5, 5.41) is 0. The lowest BCUT2D eigenvalue weighted by Gasteiger charge is -2.48. The molecule has 2 atom stereocenters. The van der Waals surface area contributed by atoms with Crippen LogP contribution < -0.4 is 9.47 Å². The molecule has 0 N–H and O–H groups in total. The van der Waals surface area contributed by atoms with Crippen LogP contribution in [0.25, 0.3) is 0 Å². The Labute approximate surface area is 165 Å². The van der Waals surface area contributed by atoms with Crippen LogP contribution in [0.3, 0.4) is 0 Å². The number of benzene rings is 1. The maximum atomic E-state index is 12.4. The maximum absolute atomic E-state index is 12.4. The molecule has 0 aromatic heterocycles. The minimum absolute atomic E-state index is 0.287. The fraction of sp³-hybridized carbons (Fsp3) is 0.714. The second-order valence-corrected chi connectivity index (χ2v) is 8.40. The highest BCUT2D eigenvalue weighted by molar-refractivity contribution is 5.49. The van der Waals surface area contributed by atoms with E-state index in [1.54, 1.807) is 0 Å². The third-order valence-corrected chi connectivity index (χ3v) is 5.81. The molecule has 1 aromatic carbocycles. The molecule has 7 heteroatoms. The van der Waals surface area contributed by atoms with Crippen molar-refractivity contribution in [2.24, 2.45) is 5.92 Å². The minimum Gasteiger partial charge on any atom is -0.493 e. The molecule has 0 saturated carbocycles. The van der Waals surface area contributed by atoms with E-state index in [4.69, 9.17) is 9.47 Å². The Kier molecular flexibility index (Phi) is 6.44. The van der Waals surface area contributed by atoms with Crippen molar-refractivity contribution < 1.29 is 22.6 Å². The molecular formula is C21H31F3N2O2. The van der Waals surface area contributed by atoms with Crippen LogP contribution in [-0.4, -0.2) is 62.4 Å². The summed E-state index contributed by atoms with van der Waals surface area (Å²) in [5.41, 5.74) is 2.36. The zero-order valence-corrected chi connectivity index (χ0v) is 17.2. The van der Waals surface area contributed by atoms with E-state index in [0.717, 1.165) is 31.6 Å². The average molecular weight is 400 g/mol. The number of methoxy groups -OCH3 is 1. The standard InChI is InChI=1S/C21H31F3N2O2/c1-14(2)9-16-12-26-7-5-15-10-20(28-8-6-21(22,23)24)19(27-4)11-17(15)18(26)13-25(16)3/h10-11,14,16,18H,5-9,12-13H2,1-4H3/t16-,18?/m1/s1. The van der Waals surface area contributed by atoms with Crippen molar-refractivity contribution in [2.75, 3.05) is 40.4 Å². The number of rotatable bonds is 6. The third-order valence-electron chi connectivity index (χ3n) is 5.81. The minimum atomic E-state index is -4.22. The largest absolute Gasteiger partial charge is 0.493 e. The zero-order valence-electron chi connectivity index (χ0n) is 17.2. The van der Waals surface area contributed by atoms with E-state index in [-0.39, 0.29) is 6.04 Å². The predicted molar refractivity (Wildman–Crippen MR) is 103 cm³/mol. The number of hydrogen-bond acceptors (Lipinski definition) is 4. The van der Waals surface area contributed by atoms with Crippen LogP contribution in [0.1, 0.15) is 43.9 Å². The summed E-state index contributed by atoms with van der Waals surface area (Å²) in [6.45, 7) is 7.09. The van der Waals surface area contributed by atoms with Gasteiger partial charge in [-0.2, -0.15) is 13.2 Å². The summed E-state index contributed by atoms with van der Waals surface area (Å²) in [7, 11) is 3.72. The fourth-order valence-electron chi connectivity index (χ4n) is 4.37. The van der Waals surface area contributed by atoms with Crippen molar-refractivity contribution in [2.45, 2.75) is 51.4 Å². The number of halogens is 3. The maximum Gasteiger partial charge on any atom is 0.392 e. The predicted octanol–water partition coefficient (Wildman–Crippen LogP) is 4.29. The Bertz CT molecular complexity index is 678. The normalized spacial score (nSPS) is 23.4. The highest BCUT2D eigenvalue weighted by Crippen LogP contribution is 2.40. The van der Waals surface area contributed by atoms with Gasteiger partial charge in [-0.3, -0.25) is 4.90 Å². The SMILES string of the molecule is COc1cc2c(cc1OCCC(F)(F)F)CCN1C[C@@H](CC(C)C)N(C)CC21. The zero-order chi connectivity index (χ0) is 20.5. The fourth-order valence-corrected chi connectivity index (χ4v) is 4.37. The van der Waals surface area contributed by atoms with Gasteiger partial charge in [0, 0.05) is 31.7 Å². The summed E-state index contributed by atoms with van der Waals surface area (Å²) in [4.78, 5) is 4.98. The highest BCUT2D eigenvalue weighted by atomic mass is 19.4. The molecule has 158 valence electrons. The molecule has 1 unspecified atom stereocenters. The number of ether oxygens (including phenoxy) is 2. The molecule has 1 aromatic rings. The molecule has 3 rings (SSSR count). The smallest absolute Gasteiger partial charge is 0.392 e. The molecule has 28 heavy (non-hydrogen) atoms. The molecule has 1 saturated heterocycles. The Morgan fingerprint density at radius 2 is 1.93 bits per heavy atom. The van der Waals surface area contributed by atoms with Gasteiger partial charge in [0.05, 0.1) is 20.1 Å². The molecule has 1 fully saturated rings. The summed E-state index contributed by atoms with van der Waals surface area (Å²) >= 11 is 0. The van der Waals surface area contributed by atoms with Gasteiger partial charge >= 0.3 is 6.18 Å². The molecule has 0 bridgehead atoms. The van der Waals surface area contributed by atoms with Crippen LogP contribution in [0.5, 0.6) is 11.5 Å². The molecule has 0 aliphatic carbocycles. The van der Waals surface area contributed by atoms with Crippen LogP contribution in [-0.2, 0) is 6.42 Å². The molecule has 2 aliphatic rings. The summed E-state index contributed by atoms with van der Waals surface area (Å²) in [6, 6.07) is 4.69. The monoisotopic (exact) mass is 400 g/mol. The van der Waals surface area contributed by atoms with Gasteiger partial charge < -0.3 is 14.4 Å². The molecule has 0 spiro atoms. The van der Waals surface area contributed by atoms with Crippen LogP contribution >= 0.6 is 0 Å². The van der Waals surface area contributed by atoms with Crippen molar-refractivity contribution >= 4 is 0 Å². The van der Waals surface area contributed by atoms with E-state index >= 15 is 0 Å². The molecule has 4 nitrogen and oxygen atoms in total. The Morgan fingerprint density at radius 3 is 2.57 bits per heavy atom. The van der Waals surface area contributed by atoms with Gasteiger partial charge in [0.1, 0.15) is 0 Å². The number of piperazine rings is 1. The van der Waals surface area contributed by atoms with Crippen molar-refractivity contribution in [1.82, 2.24) is 9.80 Å². The quantitative estimate of drug-likeness (QED) is 0.711. The van der Waals surface area contributed by atoms with Gasteiger partial charge in [0.2, 0.25) is 0 Å². The van der Waals surface area contributed by atoms with E-state index in [9.17, 15) is 13.2 Å². The lowest BCUT2D eigenvalue weighted by molar-refractivity contribution is -0.139. The second-order valence-electron chi connectivity index (χ2n) is 8.40. The number of alkyl halides is 3. The lowest BCUT2D eigenvalue weighted by Crippen LogP contribution is -2.55. The first-order chi connectivity index (χ1) is 13.2. The van der Waals surface area contributed by atoms with Crippen molar-refractivity contribution in [1.29, 1.82) is 0 Å². The van der Waals surface area contributed by atoms with Crippen LogP contribution in [0.4, 0.5) is 13.2 Å². The van der Waals surface area contributed by atoms with E-state index in [1.165, 1.54) is 19.1 Å². The van der Waals surface area contributed by atoms with Gasteiger partial charge in [-0.05, 0) is 49.1 Å². The third kappa shape index (κ3) is 4.92. The molecule has 0 amide bonds. The first kappa shape index (κ1) is 21.2. The average Bonchev–Trinajstić information content (AvgIpc) is 2.60. The first-order valence-corrected chi connectivity index (χ1v) is 10.0. The first-order valence-electron chi connectivity index (χ1n) is 10.0. The van der Waals surface area contributed by atoms with Gasteiger partial charge in [-0.15, -0.1) is 0 Å². The Hall–Kier alpha value is -1.47. The van der Waals surface area contributed by atoms with E-state index in [1.807, 2.05) is 12.1 Å². The summed E-state index contributed by atoms with van der Waals surface area (Å²) < 4.78 is 48.1. The lowest BCUT2D eigenvalue weighted by atomic mass is 9.88. The van der Waals surface area contributed by atoms with E-state index in [2.05, 4.69) is 30.7 Å². The van der Waals surface area contributed by atoms with Crippen LogP contribution in [0.2, 0.25) is 0 Å². The van der Waals surface area contributed by atoms with Crippen molar-refractivity contribution in [3.05, 3.63) is 23.3 Å².